The van der Waals surface area contributed by atoms with Gasteiger partial charge in [0.25, 0.3) is 0 Å². The molecule has 0 aliphatic heterocycles. The molecule has 0 aliphatic rings. The van der Waals surface area contributed by atoms with Crippen LogP contribution in [0, 0.1) is 0 Å². The molecule has 2 rings (SSSR count). The van der Waals surface area contributed by atoms with E-state index in [2.05, 4.69) is 43.3 Å². The second-order valence-electron chi connectivity index (χ2n) is 7.03. The highest BCUT2D eigenvalue weighted by Gasteiger charge is 2.07. The number of ketones is 1. The molecule has 2 aromatic carbocycles. The zero-order chi connectivity index (χ0) is 18.8. The third kappa shape index (κ3) is 6.64. The van der Waals surface area contributed by atoms with Crippen LogP contribution in [0.25, 0.3) is 0 Å². The van der Waals surface area contributed by atoms with Gasteiger partial charge in [0, 0.05) is 12.0 Å². The minimum atomic E-state index is 0.215. The number of methoxy groups -OCH3 is 1. The number of nitrogens with zero attached hydrogens (tertiary/aromatic N) is 1. The van der Waals surface area contributed by atoms with Crippen LogP contribution in [0.1, 0.15) is 47.2 Å². The number of carbonyl (C=O) groups excluding carboxylic acids is 1. The molecule has 0 fully saturated rings. The molecule has 0 radical (unpaired) electrons. The molecule has 0 saturated carbocycles. The Morgan fingerprint density at radius 3 is 2.08 bits per heavy atom. The molecule has 26 heavy (non-hydrogen) atoms. The Morgan fingerprint density at radius 1 is 0.885 bits per heavy atom. The Hall–Kier alpha value is -2.13. The molecule has 3 heteroatoms. The van der Waals surface area contributed by atoms with E-state index in [4.69, 9.17) is 4.74 Å². The van der Waals surface area contributed by atoms with Gasteiger partial charge in [-0.1, -0.05) is 24.3 Å². The fourth-order valence-corrected chi connectivity index (χ4v) is 3.15. The van der Waals surface area contributed by atoms with Gasteiger partial charge >= 0.3 is 0 Å². The third-order valence-corrected chi connectivity index (χ3v) is 4.68. The summed E-state index contributed by atoms with van der Waals surface area (Å²) in [4.78, 5) is 14.5. The molecule has 0 amide bonds. The molecule has 0 atom stereocenters. The predicted molar refractivity (Wildman–Crippen MR) is 108 cm³/mol. The van der Waals surface area contributed by atoms with Crippen LogP contribution in [0.2, 0.25) is 0 Å². The summed E-state index contributed by atoms with van der Waals surface area (Å²) >= 11 is 0. The van der Waals surface area contributed by atoms with E-state index in [-0.39, 0.29) is 5.78 Å². The van der Waals surface area contributed by atoms with Gasteiger partial charge in [0.05, 0.1) is 7.11 Å². The molecule has 140 valence electrons. The number of hydrogen-bond acceptors (Lipinski definition) is 3. The average Bonchev–Trinajstić information content (AvgIpc) is 2.66. The largest absolute Gasteiger partial charge is 0.497 e. The van der Waals surface area contributed by atoms with Crippen LogP contribution in [0.5, 0.6) is 5.75 Å². The van der Waals surface area contributed by atoms with Crippen LogP contribution in [0.3, 0.4) is 0 Å². The quantitative estimate of drug-likeness (QED) is 0.430. The Morgan fingerprint density at radius 2 is 1.50 bits per heavy atom. The second kappa shape index (κ2) is 10.8. The summed E-state index contributed by atoms with van der Waals surface area (Å²) in [5.74, 6) is 0.999. The van der Waals surface area contributed by atoms with Crippen molar-refractivity contribution in [3.8, 4) is 5.75 Å². The molecular weight excluding hydrogens is 322 g/mol. The number of rotatable bonds is 11. The third-order valence-electron chi connectivity index (χ3n) is 4.68. The first-order valence-corrected chi connectivity index (χ1v) is 9.49. The van der Waals surface area contributed by atoms with E-state index in [0.29, 0.717) is 6.42 Å². The highest BCUT2D eigenvalue weighted by molar-refractivity contribution is 5.96. The molecule has 0 unspecified atom stereocenters. The van der Waals surface area contributed by atoms with Crippen molar-refractivity contribution in [1.82, 2.24) is 4.90 Å². The van der Waals surface area contributed by atoms with Crippen LogP contribution in [0.15, 0.2) is 48.5 Å². The van der Waals surface area contributed by atoms with Crippen LogP contribution < -0.4 is 4.74 Å². The maximum Gasteiger partial charge on any atom is 0.162 e. The summed E-state index contributed by atoms with van der Waals surface area (Å²) in [5, 5.41) is 0. The van der Waals surface area contributed by atoms with Gasteiger partial charge in [-0.15, -0.1) is 0 Å². The summed E-state index contributed by atoms with van der Waals surface area (Å²) in [6.07, 6.45) is 5.94. The fraction of sp³-hybridized carbons (Fsp3) is 0.435. The van der Waals surface area contributed by atoms with E-state index in [1.165, 1.54) is 17.5 Å². The van der Waals surface area contributed by atoms with Crippen LogP contribution >= 0.6 is 0 Å². The minimum absolute atomic E-state index is 0.215. The number of ether oxygens (including phenoxy) is 1. The van der Waals surface area contributed by atoms with Crippen molar-refractivity contribution in [2.45, 2.75) is 38.5 Å². The molecule has 2 aromatic rings. The van der Waals surface area contributed by atoms with Gasteiger partial charge in [0.1, 0.15) is 5.75 Å². The lowest BCUT2D eigenvalue weighted by molar-refractivity contribution is 0.0979. The highest BCUT2D eigenvalue weighted by atomic mass is 16.5. The second-order valence-corrected chi connectivity index (χ2v) is 7.03. The van der Waals surface area contributed by atoms with Gasteiger partial charge in [-0.05, 0) is 88.1 Å². The van der Waals surface area contributed by atoms with Gasteiger partial charge in [0.15, 0.2) is 5.78 Å². The van der Waals surface area contributed by atoms with Crippen molar-refractivity contribution >= 4 is 5.78 Å². The van der Waals surface area contributed by atoms with E-state index in [1.807, 2.05) is 24.3 Å². The van der Waals surface area contributed by atoms with E-state index in [0.717, 1.165) is 43.5 Å². The van der Waals surface area contributed by atoms with Crippen LogP contribution in [-0.2, 0) is 12.8 Å². The molecule has 3 nitrogen and oxygen atoms in total. The monoisotopic (exact) mass is 353 g/mol. The van der Waals surface area contributed by atoms with Crippen molar-refractivity contribution in [2.24, 2.45) is 0 Å². The first kappa shape index (κ1) is 20.2. The van der Waals surface area contributed by atoms with Gasteiger partial charge in [0.2, 0.25) is 0 Å². The molecule has 0 N–H and O–H groups in total. The van der Waals surface area contributed by atoms with Crippen molar-refractivity contribution in [2.75, 3.05) is 27.7 Å². The Bertz CT molecular complexity index is 677. The van der Waals surface area contributed by atoms with Crippen LogP contribution in [0.4, 0.5) is 0 Å². The number of carbonyl (C=O) groups is 1. The lowest BCUT2D eigenvalue weighted by Crippen LogP contribution is -2.13. The van der Waals surface area contributed by atoms with Crippen LogP contribution in [-0.4, -0.2) is 38.4 Å². The zero-order valence-electron chi connectivity index (χ0n) is 16.3. The Kier molecular flexibility index (Phi) is 8.36. The smallest absolute Gasteiger partial charge is 0.162 e. The maximum absolute atomic E-state index is 12.3. The topological polar surface area (TPSA) is 29.5 Å². The normalized spacial score (nSPS) is 10.9. The summed E-state index contributed by atoms with van der Waals surface area (Å²) < 4.78 is 5.13. The molecule has 0 bridgehead atoms. The molecule has 0 aromatic heterocycles. The lowest BCUT2D eigenvalue weighted by Gasteiger charge is -2.12. The van der Waals surface area contributed by atoms with Gasteiger partial charge in [-0.3, -0.25) is 4.79 Å². The Labute approximate surface area is 158 Å². The number of benzene rings is 2. The summed E-state index contributed by atoms with van der Waals surface area (Å²) in [6.45, 7) is 1.12. The SMILES string of the molecule is COc1ccc(C(=O)CCCCc2ccccc2CCCN(C)C)cc1. The van der Waals surface area contributed by atoms with Gasteiger partial charge < -0.3 is 9.64 Å². The number of unbranched alkanes of at least 4 members (excludes halogenated alkanes) is 1. The van der Waals surface area contributed by atoms with E-state index in [9.17, 15) is 4.79 Å². The summed E-state index contributed by atoms with van der Waals surface area (Å²) in [5.41, 5.74) is 3.66. The zero-order valence-corrected chi connectivity index (χ0v) is 16.3. The molecule has 0 aliphatic carbocycles. The average molecular weight is 354 g/mol. The standard InChI is InChI=1S/C23H31NO2/c1-24(2)18-8-12-20-10-5-4-9-19(20)11-6-7-13-23(25)21-14-16-22(26-3)17-15-21/h4-5,9-10,14-17H,6-8,11-13,18H2,1-3H3. The Balaban J connectivity index is 1.77. The van der Waals surface area contributed by atoms with E-state index >= 15 is 0 Å². The molecule has 0 saturated heterocycles. The summed E-state index contributed by atoms with van der Waals surface area (Å²) in [7, 11) is 5.87. The van der Waals surface area contributed by atoms with Crippen molar-refractivity contribution in [3.05, 3.63) is 65.2 Å². The van der Waals surface area contributed by atoms with Crippen molar-refractivity contribution in [3.63, 3.8) is 0 Å². The van der Waals surface area contributed by atoms with Crippen molar-refractivity contribution < 1.29 is 9.53 Å². The van der Waals surface area contributed by atoms with Crippen molar-refractivity contribution in [1.29, 1.82) is 0 Å². The molecular formula is C23H31NO2. The predicted octanol–water partition coefficient (Wildman–Crippen LogP) is 4.79. The maximum atomic E-state index is 12.3. The molecule has 0 heterocycles. The van der Waals surface area contributed by atoms with Gasteiger partial charge in [-0.25, -0.2) is 0 Å². The minimum Gasteiger partial charge on any atom is -0.497 e. The molecule has 0 spiro atoms. The first-order chi connectivity index (χ1) is 12.6. The van der Waals surface area contributed by atoms with Gasteiger partial charge in [-0.2, -0.15) is 0 Å². The summed E-state index contributed by atoms with van der Waals surface area (Å²) in [6, 6.07) is 16.1. The van der Waals surface area contributed by atoms with E-state index < -0.39 is 0 Å². The fourth-order valence-electron chi connectivity index (χ4n) is 3.15. The number of Topliss-reactive ketones (excluding diaryl/α,β-unsaturated/α-hetero) is 1. The number of aryl methyl sites for hydroxylation is 2. The first-order valence-electron chi connectivity index (χ1n) is 9.49. The number of hydrogen-bond donors (Lipinski definition) is 0. The van der Waals surface area contributed by atoms with E-state index in [1.54, 1.807) is 7.11 Å². The highest BCUT2D eigenvalue weighted by Crippen LogP contribution is 2.17. The lowest BCUT2D eigenvalue weighted by atomic mass is 9.97.